The Hall–Kier alpha value is -3.47. The van der Waals surface area contributed by atoms with Crippen LogP contribution in [0.2, 0.25) is 0 Å². The molecule has 3 aromatic rings. The van der Waals surface area contributed by atoms with Gasteiger partial charge < -0.3 is 10.5 Å². The number of pyridine rings is 1. The minimum Gasteiger partial charge on any atom is -0.489 e. The molecule has 0 fully saturated rings. The van der Waals surface area contributed by atoms with Crippen molar-refractivity contribution in [1.29, 1.82) is 0 Å². The van der Waals surface area contributed by atoms with Crippen LogP contribution in [0.15, 0.2) is 89.2 Å². The van der Waals surface area contributed by atoms with E-state index in [9.17, 15) is 0 Å². The highest BCUT2D eigenvalue weighted by atomic mass is 16.5. The van der Waals surface area contributed by atoms with Crippen molar-refractivity contribution in [3.8, 4) is 5.75 Å². The van der Waals surface area contributed by atoms with Crippen LogP contribution in [0.4, 0.5) is 0 Å². The summed E-state index contributed by atoms with van der Waals surface area (Å²) in [5.74, 6) is 1.04. The van der Waals surface area contributed by atoms with Gasteiger partial charge >= 0.3 is 0 Å². The Morgan fingerprint density at radius 3 is 2.64 bits per heavy atom. The second-order valence-corrected chi connectivity index (χ2v) is 5.29. The maximum absolute atomic E-state index is 5.85. The van der Waals surface area contributed by atoms with Gasteiger partial charge in [0, 0.05) is 6.20 Å². The van der Waals surface area contributed by atoms with Crippen LogP contribution in [-0.2, 0) is 6.61 Å². The Morgan fingerprint density at radius 1 is 1.00 bits per heavy atom. The summed E-state index contributed by atoms with van der Waals surface area (Å²) in [6, 6.07) is 23.1. The van der Waals surface area contributed by atoms with E-state index in [1.807, 2.05) is 66.7 Å². The molecule has 0 saturated carbocycles. The molecule has 1 heterocycles. The number of hydrogen-bond donors (Lipinski definition) is 1. The van der Waals surface area contributed by atoms with Crippen LogP contribution in [-0.4, -0.2) is 17.0 Å². The second-order valence-electron chi connectivity index (χ2n) is 5.29. The fourth-order valence-corrected chi connectivity index (χ4v) is 2.15. The van der Waals surface area contributed by atoms with Crippen molar-refractivity contribution in [2.75, 3.05) is 0 Å². The Morgan fingerprint density at radius 2 is 1.84 bits per heavy atom. The highest BCUT2D eigenvalue weighted by molar-refractivity contribution is 5.95. The fraction of sp³-hybridized carbons (Fsp3) is 0.0500. The van der Waals surface area contributed by atoms with Crippen molar-refractivity contribution in [2.45, 2.75) is 6.61 Å². The Labute approximate surface area is 146 Å². The molecule has 0 aliphatic rings. The summed E-state index contributed by atoms with van der Waals surface area (Å²) in [4.78, 5) is 4.12. The Balaban J connectivity index is 1.63. The molecule has 1 aromatic heterocycles. The predicted octanol–water partition coefficient (Wildman–Crippen LogP) is 3.40. The van der Waals surface area contributed by atoms with Crippen LogP contribution >= 0.6 is 0 Å². The van der Waals surface area contributed by atoms with Gasteiger partial charge in [-0.2, -0.15) is 5.10 Å². The third kappa shape index (κ3) is 5.00. The molecule has 2 aromatic carbocycles. The molecule has 124 valence electrons. The van der Waals surface area contributed by atoms with E-state index < -0.39 is 0 Å². The third-order valence-corrected chi connectivity index (χ3v) is 3.41. The monoisotopic (exact) mass is 330 g/mol. The number of nitrogens with two attached hydrogens (primary N) is 1. The number of benzene rings is 2. The predicted molar refractivity (Wildman–Crippen MR) is 99.8 cm³/mol. The van der Waals surface area contributed by atoms with E-state index in [2.05, 4.69) is 15.2 Å². The molecule has 2 N–H and O–H groups in total. The maximum Gasteiger partial charge on any atom is 0.171 e. The summed E-state index contributed by atoms with van der Waals surface area (Å²) in [7, 11) is 0. The number of amidine groups is 1. The highest BCUT2D eigenvalue weighted by Gasteiger charge is 1.98. The second kappa shape index (κ2) is 8.40. The van der Waals surface area contributed by atoms with Gasteiger partial charge in [-0.25, -0.2) is 0 Å². The normalized spacial score (nSPS) is 11.6. The number of ether oxygens (including phenoxy) is 1. The van der Waals surface area contributed by atoms with E-state index in [0.29, 0.717) is 12.3 Å². The molecule has 5 nitrogen and oxygen atoms in total. The van der Waals surface area contributed by atoms with Crippen molar-refractivity contribution in [2.24, 2.45) is 15.9 Å². The minimum atomic E-state index is 0.272. The van der Waals surface area contributed by atoms with Crippen LogP contribution < -0.4 is 10.5 Å². The van der Waals surface area contributed by atoms with Gasteiger partial charge in [0.05, 0.1) is 6.21 Å². The molecule has 0 unspecified atom stereocenters. The molecular formula is C20H18N4O. The van der Waals surface area contributed by atoms with Gasteiger partial charge in [0.2, 0.25) is 0 Å². The number of aromatic nitrogens is 1. The maximum atomic E-state index is 5.85. The minimum absolute atomic E-state index is 0.272. The fourth-order valence-electron chi connectivity index (χ4n) is 2.15. The van der Waals surface area contributed by atoms with Crippen LogP contribution in [0.1, 0.15) is 16.8 Å². The van der Waals surface area contributed by atoms with E-state index in [1.54, 1.807) is 18.5 Å². The molecule has 25 heavy (non-hydrogen) atoms. The molecule has 0 saturated heterocycles. The zero-order valence-corrected chi connectivity index (χ0v) is 13.6. The lowest BCUT2D eigenvalue weighted by Crippen LogP contribution is -2.14. The van der Waals surface area contributed by atoms with Crippen molar-refractivity contribution < 1.29 is 4.74 Å². The summed E-state index contributed by atoms with van der Waals surface area (Å²) in [6.45, 7) is 0.520. The van der Waals surface area contributed by atoms with Crippen molar-refractivity contribution in [3.05, 3.63) is 95.8 Å². The summed E-state index contributed by atoms with van der Waals surface area (Å²) in [5.41, 5.74) is 8.44. The first-order chi connectivity index (χ1) is 12.3. The average Bonchev–Trinajstić information content (AvgIpc) is 2.68. The van der Waals surface area contributed by atoms with Crippen molar-refractivity contribution in [1.82, 2.24) is 4.98 Å². The highest BCUT2D eigenvalue weighted by Crippen LogP contribution is 2.14. The van der Waals surface area contributed by atoms with Crippen molar-refractivity contribution in [3.63, 3.8) is 0 Å². The van der Waals surface area contributed by atoms with Gasteiger partial charge in [-0.3, -0.25) is 4.98 Å². The summed E-state index contributed by atoms with van der Waals surface area (Å²) < 4.78 is 5.80. The first-order valence-corrected chi connectivity index (χ1v) is 7.86. The standard InChI is InChI=1S/C20H18N4O/c21-20(19-11-4-5-12-22-19)24-23-14-17-9-6-10-18(13-17)25-15-16-7-2-1-3-8-16/h1-14H,15H2,(H2,21,24)/b23-14+. The molecule has 0 radical (unpaired) electrons. The first kappa shape index (κ1) is 16.4. The lowest BCUT2D eigenvalue weighted by Gasteiger charge is -2.06. The molecule has 0 aliphatic carbocycles. The quantitative estimate of drug-likeness (QED) is 0.428. The summed E-state index contributed by atoms with van der Waals surface area (Å²) >= 11 is 0. The molecular weight excluding hydrogens is 312 g/mol. The van der Waals surface area contributed by atoms with E-state index in [1.165, 1.54) is 0 Å². The van der Waals surface area contributed by atoms with E-state index in [0.717, 1.165) is 16.9 Å². The molecule has 0 bridgehead atoms. The molecule has 0 amide bonds. The Bertz CT molecular complexity index is 861. The van der Waals surface area contributed by atoms with Gasteiger partial charge in [0.25, 0.3) is 0 Å². The number of nitrogens with zero attached hydrogens (tertiary/aromatic N) is 3. The van der Waals surface area contributed by atoms with Gasteiger partial charge in [0.15, 0.2) is 5.84 Å². The smallest absolute Gasteiger partial charge is 0.171 e. The van der Waals surface area contributed by atoms with Gasteiger partial charge in [-0.15, -0.1) is 5.10 Å². The van der Waals surface area contributed by atoms with E-state index >= 15 is 0 Å². The van der Waals surface area contributed by atoms with Gasteiger partial charge in [-0.1, -0.05) is 48.5 Å². The third-order valence-electron chi connectivity index (χ3n) is 3.41. The SMILES string of the molecule is N/C(=N\N=C\c1cccc(OCc2ccccc2)c1)c1ccccn1. The first-order valence-electron chi connectivity index (χ1n) is 7.86. The molecule has 0 aliphatic heterocycles. The van der Waals surface area contributed by atoms with Crippen LogP contribution in [0.25, 0.3) is 0 Å². The number of hydrogen-bond acceptors (Lipinski definition) is 4. The molecule has 5 heteroatoms. The zero-order valence-electron chi connectivity index (χ0n) is 13.6. The van der Waals surface area contributed by atoms with Gasteiger partial charge in [-0.05, 0) is 35.4 Å². The lowest BCUT2D eigenvalue weighted by atomic mass is 10.2. The molecule has 3 rings (SSSR count). The van der Waals surface area contributed by atoms with Gasteiger partial charge in [0.1, 0.15) is 18.1 Å². The van der Waals surface area contributed by atoms with E-state index in [-0.39, 0.29) is 5.84 Å². The van der Waals surface area contributed by atoms with E-state index in [4.69, 9.17) is 10.5 Å². The Kier molecular flexibility index (Phi) is 5.51. The average molecular weight is 330 g/mol. The number of rotatable bonds is 6. The topological polar surface area (TPSA) is 72.9 Å². The lowest BCUT2D eigenvalue weighted by molar-refractivity contribution is 0.306. The summed E-state index contributed by atoms with van der Waals surface area (Å²) in [6.07, 6.45) is 3.29. The van der Waals surface area contributed by atoms with Crippen LogP contribution in [0.5, 0.6) is 5.75 Å². The zero-order chi connectivity index (χ0) is 17.3. The molecule has 0 atom stereocenters. The van der Waals surface area contributed by atoms with Crippen LogP contribution in [0, 0.1) is 0 Å². The molecule has 0 spiro atoms. The van der Waals surface area contributed by atoms with Crippen molar-refractivity contribution >= 4 is 12.1 Å². The summed E-state index contributed by atoms with van der Waals surface area (Å²) in [5, 5.41) is 7.99. The largest absolute Gasteiger partial charge is 0.489 e. The van der Waals surface area contributed by atoms with Crippen LogP contribution in [0.3, 0.4) is 0 Å².